The minimum atomic E-state index is -0.478. The summed E-state index contributed by atoms with van der Waals surface area (Å²) in [6.07, 6.45) is 0.508. The number of benzene rings is 1. The molecule has 2 N–H and O–H groups in total. The highest BCUT2D eigenvalue weighted by atomic mass is 16.6. The van der Waals surface area contributed by atoms with Gasteiger partial charge in [0.15, 0.2) is 0 Å². The topological polar surface area (TPSA) is 50.4 Å². The Labute approximate surface area is 109 Å². The highest BCUT2D eigenvalue weighted by Gasteiger charge is 2.16. The number of carbonyl (C=O) groups excluding carboxylic acids is 1. The molecule has 0 aromatic heterocycles. The van der Waals surface area contributed by atoms with E-state index in [1.807, 2.05) is 52.1 Å². The summed E-state index contributed by atoms with van der Waals surface area (Å²) in [6, 6.07) is 7.78. The molecule has 0 radical (unpaired) electrons. The fourth-order valence-corrected chi connectivity index (χ4v) is 1.50. The van der Waals surface area contributed by atoms with Crippen molar-refractivity contribution >= 4 is 11.8 Å². The summed E-state index contributed by atoms with van der Waals surface area (Å²) in [7, 11) is 1.92. The largest absolute Gasteiger partial charge is 0.444 e. The van der Waals surface area contributed by atoms with Gasteiger partial charge in [0, 0.05) is 5.69 Å². The zero-order valence-electron chi connectivity index (χ0n) is 11.5. The Kier molecular flexibility index (Phi) is 5.16. The summed E-state index contributed by atoms with van der Waals surface area (Å²) in [5, 5.41) is 5.83. The van der Waals surface area contributed by atoms with E-state index in [4.69, 9.17) is 4.74 Å². The molecule has 1 rings (SSSR count). The molecule has 1 amide bonds. The monoisotopic (exact) mass is 250 g/mol. The van der Waals surface area contributed by atoms with Crippen LogP contribution in [-0.4, -0.2) is 25.3 Å². The maximum Gasteiger partial charge on any atom is 0.412 e. The molecule has 0 aliphatic heterocycles. The molecular formula is C14H22N2O2. The first-order valence-corrected chi connectivity index (χ1v) is 6.14. The molecule has 0 unspecified atom stereocenters. The van der Waals surface area contributed by atoms with E-state index in [9.17, 15) is 4.79 Å². The van der Waals surface area contributed by atoms with Gasteiger partial charge in [0.25, 0.3) is 0 Å². The number of ether oxygens (including phenoxy) is 1. The van der Waals surface area contributed by atoms with Gasteiger partial charge in [-0.2, -0.15) is 0 Å². The van der Waals surface area contributed by atoms with Gasteiger partial charge in [0.2, 0.25) is 0 Å². The average molecular weight is 250 g/mol. The van der Waals surface area contributed by atoms with Gasteiger partial charge >= 0.3 is 6.09 Å². The highest BCUT2D eigenvalue weighted by Crippen LogP contribution is 2.13. The van der Waals surface area contributed by atoms with Crippen molar-refractivity contribution in [3.8, 4) is 0 Å². The van der Waals surface area contributed by atoms with E-state index in [1.165, 1.54) is 5.56 Å². The maximum absolute atomic E-state index is 11.6. The third-order valence-corrected chi connectivity index (χ3v) is 2.24. The zero-order valence-corrected chi connectivity index (χ0v) is 11.5. The predicted molar refractivity (Wildman–Crippen MR) is 73.9 cm³/mol. The molecule has 0 saturated heterocycles. The van der Waals surface area contributed by atoms with Gasteiger partial charge in [-0.1, -0.05) is 12.1 Å². The second kappa shape index (κ2) is 6.40. The number of amides is 1. The average Bonchev–Trinajstić information content (AvgIpc) is 2.24. The normalized spacial score (nSPS) is 11.1. The van der Waals surface area contributed by atoms with Crippen LogP contribution in [0, 0.1) is 0 Å². The molecule has 0 heterocycles. The molecule has 0 atom stereocenters. The smallest absolute Gasteiger partial charge is 0.412 e. The molecule has 4 nitrogen and oxygen atoms in total. The van der Waals surface area contributed by atoms with Crippen molar-refractivity contribution in [2.75, 3.05) is 18.9 Å². The number of rotatable bonds is 4. The second-order valence-electron chi connectivity index (χ2n) is 5.18. The van der Waals surface area contributed by atoms with Crippen LogP contribution in [0.4, 0.5) is 10.5 Å². The summed E-state index contributed by atoms with van der Waals surface area (Å²) < 4.78 is 5.20. The van der Waals surface area contributed by atoms with Crippen LogP contribution in [0.3, 0.4) is 0 Å². The number of hydrogen-bond donors (Lipinski definition) is 2. The minimum absolute atomic E-state index is 0.423. The van der Waals surface area contributed by atoms with Crippen molar-refractivity contribution in [2.45, 2.75) is 32.8 Å². The molecule has 0 fully saturated rings. The highest BCUT2D eigenvalue weighted by molar-refractivity contribution is 5.84. The Morgan fingerprint density at radius 3 is 2.67 bits per heavy atom. The maximum atomic E-state index is 11.6. The Bertz CT molecular complexity index is 397. The Morgan fingerprint density at radius 1 is 1.33 bits per heavy atom. The van der Waals surface area contributed by atoms with Gasteiger partial charge in [-0.25, -0.2) is 4.79 Å². The van der Waals surface area contributed by atoms with Crippen LogP contribution >= 0.6 is 0 Å². The van der Waals surface area contributed by atoms with E-state index in [1.54, 1.807) is 0 Å². The van der Waals surface area contributed by atoms with Crippen LogP contribution in [0.5, 0.6) is 0 Å². The summed E-state index contributed by atoms with van der Waals surface area (Å²) in [5.74, 6) is 0. The van der Waals surface area contributed by atoms with Crippen LogP contribution in [0.15, 0.2) is 24.3 Å². The Hall–Kier alpha value is -1.55. The number of likely N-dealkylation sites (N-methyl/N-ethyl adjacent to an activating group) is 1. The molecule has 18 heavy (non-hydrogen) atoms. The van der Waals surface area contributed by atoms with Crippen molar-refractivity contribution in [1.29, 1.82) is 0 Å². The zero-order chi connectivity index (χ0) is 13.6. The van der Waals surface area contributed by atoms with Crippen molar-refractivity contribution in [3.63, 3.8) is 0 Å². The van der Waals surface area contributed by atoms with Gasteiger partial charge in [0.1, 0.15) is 5.60 Å². The number of nitrogens with one attached hydrogen (secondary N) is 2. The molecule has 1 aromatic carbocycles. The van der Waals surface area contributed by atoms with Crippen molar-refractivity contribution in [3.05, 3.63) is 29.8 Å². The minimum Gasteiger partial charge on any atom is -0.444 e. The first-order chi connectivity index (χ1) is 8.40. The van der Waals surface area contributed by atoms with E-state index in [2.05, 4.69) is 10.6 Å². The van der Waals surface area contributed by atoms with Gasteiger partial charge in [-0.3, -0.25) is 5.32 Å². The van der Waals surface area contributed by atoms with E-state index in [0.717, 1.165) is 18.7 Å². The summed E-state index contributed by atoms with van der Waals surface area (Å²) in [5.41, 5.74) is 1.46. The van der Waals surface area contributed by atoms with Gasteiger partial charge in [-0.15, -0.1) is 0 Å². The van der Waals surface area contributed by atoms with E-state index < -0.39 is 11.7 Å². The summed E-state index contributed by atoms with van der Waals surface area (Å²) in [4.78, 5) is 11.6. The van der Waals surface area contributed by atoms with Crippen molar-refractivity contribution in [1.82, 2.24) is 5.32 Å². The van der Waals surface area contributed by atoms with Crippen molar-refractivity contribution in [2.24, 2.45) is 0 Å². The molecule has 0 saturated carbocycles. The third kappa shape index (κ3) is 5.68. The molecular weight excluding hydrogens is 228 g/mol. The number of hydrogen-bond acceptors (Lipinski definition) is 3. The van der Waals surface area contributed by atoms with Crippen LogP contribution in [-0.2, 0) is 11.2 Å². The fourth-order valence-electron chi connectivity index (χ4n) is 1.50. The SMILES string of the molecule is CNCCc1cccc(NC(=O)OC(C)(C)C)c1. The molecule has 0 bridgehead atoms. The molecule has 4 heteroatoms. The van der Waals surface area contributed by atoms with Crippen LogP contribution in [0.2, 0.25) is 0 Å². The van der Waals surface area contributed by atoms with Crippen LogP contribution in [0.25, 0.3) is 0 Å². The first-order valence-electron chi connectivity index (χ1n) is 6.14. The van der Waals surface area contributed by atoms with E-state index in [-0.39, 0.29) is 0 Å². The second-order valence-corrected chi connectivity index (χ2v) is 5.18. The summed E-state index contributed by atoms with van der Waals surface area (Å²) >= 11 is 0. The Morgan fingerprint density at radius 2 is 2.06 bits per heavy atom. The molecule has 0 aliphatic rings. The Balaban J connectivity index is 2.59. The molecule has 0 aliphatic carbocycles. The lowest BCUT2D eigenvalue weighted by atomic mass is 10.1. The molecule has 1 aromatic rings. The van der Waals surface area contributed by atoms with Crippen molar-refractivity contribution < 1.29 is 9.53 Å². The van der Waals surface area contributed by atoms with E-state index >= 15 is 0 Å². The standard InChI is InChI=1S/C14H22N2O2/c1-14(2,3)18-13(17)16-12-7-5-6-11(10-12)8-9-15-4/h5-7,10,15H,8-9H2,1-4H3,(H,16,17). The van der Waals surface area contributed by atoms with Gasteiger partial charge in [-0.05, 0) is 58.5 Å². The third-order valence-electron chi connectivity index (χ3n) is 2.24. The van der Waals surface area contributed by atoms with E-state index in [0.29, 0.717) is 0 Å². The lowest BCUT2D eigenvalue weighted by Crippen LogP contribution is -2.27. The lowest BCUT2D eigenvalue weighted by molar-refractivity contribution is 0.0636. The molecule has 0 spiro atoms. The summed E-state index contributed by atoms with van der Waals surface area (Å²) in [6.45, 7) is 6.44. The number of anilines is 1. The lowest BCUT2D eigenvalue weighted by Gasteiger charge is -2.19. The van der Waals surface area contributed by atoms with Crippen LogP contribution in [0.1, 0.15) is 26.3 Å². The predicted octanol–water partition coefficient (Wildman–Crippen LogP) is 2.80. The first kappa shape index (κ1) is 14.5. The van der Waals surface area contributed by atoms with Gasteiger partial charge < -0.3 is 10.1 Å². The quantitative estimate of drug-likeness (QED) is 0.864. The fraction of sp³-hybridized carbons (Fsp3) is 0.500. The van der Waals surface area contributed by atoms with Crippen LogP contribution < -0.4 is 10.6 Å². The molecule has 100 valence electrons. The van der Waals surface area contributed by atoms with Gasteiger partial charge in [0.05, 0.1) is 0 Å². The number of carbonyl (C=O) groups is 1.